The lowest BCUT2D eigenvalue weighted by Crippen LogP contribution is -2.34. The summed E-state index contributed by atoms with van der Waals surface area (Å²) in [7, 11) is 4.00. The van der Waals surface area contributed by atoms with Crippen LogP contribution >= 0.6 is 11.6 Å². The standard InChI is InChI=1S/C24H28ClN5O.C2HF3O2/c1-30(2)22-19-8-4-6-10-21(19)28-24(29-22)27-17-13-11-16(12-14-17)15-26-23(31)18-7-3-5-9-20(18)25;3-2(4,5)1(6)7/h3-10,16-17H,11-15H2,1-2H3,(H,26,31)(H,27,28,29);(H,6,7). The maximum atomic E-state index is 12.4. The molecule has 1 aliphatic carbocycles. The third-order valence-electron chi connectivity index (χ3n) is 6.10. The van der Waals surface area contributed by atoms with Gasteiger partial charge in [-0.3, -0.25) is 4.79 Å². The third-order valence-corrected chi connectivity index (χ3v) is 6.43. The summed E-state index contributed by atoms with van der Waals surface area (Å²) < 4.78 is 31.7. The van der Waals surface area contributed by atoms with Gasteiger partial charge in [0.1, 0.15) is 5.82 Å². The Balaban J connectivity index is 0.000000505. The summed E-state index contributed by atoms with van der Waals surface area (Å²) in [6, 6.07) is 15.6. The fraction of sp³-hybridized carbons (Fsp3) is 0.385. The van der Waals surface area contributed by atoms with E-state index in [0.29, 0.717) is 35.0 Å². The van der Waals surface area contributed by atoms with Crippen LogP contribution in [0, 0.1) is 5.92 Å². The Labute approximate surface area is 223 Å². The maximum absolute atomic E-state index is 12.4. The molecule has 0 saturated heterocycles. The number of nitrogens with zero attached hydrogens (tertiary/aromatic N) is 3. The highest BCUT2D eigenvalue weighted by molar-refractivity contribution is 6.33. The SMILES string of the molecule is CN(C)c1nc(NC2CCC(CNC(=O)c3ccccc3Cl)CC2)nc2ccccc12.O=C(O)C(F)(F)F. The van der Waals surface area contributed by atoms with Gasteiger partial charge in [0.05, 0.1) is 16.1 Å². The number of hydrogen-bond donors (Lipinski definition) is 3. The number of aromatic nitrogens is 2. The first-order valence-corrected chi connectivity index (χ1v) is 12.4. The number of para-hydroxylation sites is 1. The molecule has 1 aromatic heterocycles. The molecule has 3 aromatic rings. The topological polar surface area (TPSA) is 107 Å². The predicted octanol–water partition coefficient (Wildman–Crippen LogP) is 5.38. The average Bonchev–Trinajstić information content (AvgIpc) is 2.87. The van der Waals surface area contributed by atoms with Crippen LogP contribution < -0.4 is 15.5 Å². The Hall–Kier alpha value is -3.60. The van der Waals surface area contributed by atoms with E-state index >= 15 is 0 Å². The lowest BCUT2D eigenvalue weighted by atomic mass is 9.86. The van der Waals surface area contributed by atoms with Gasteiger partial charge in [-0.05, 0) is 55.9 Å². The molecule has 204 valence electrons. The monoisotopic (exact) mass is 551 g/mol. The van der Waals surface area contributed by atoms with Crippen molar-refractivity contribution in [3.63, 3.8) is 0 Å². The first-order valence-electron chi connectivity index (χ1n) is 12.0. The number of carboxylic acid groups (broad SMARTS) is 1. The summed E-state index contributed by atoms with van der Waals surface area (Å²) in [5.41, 5.74) is 1.48. The number of aliphatic carboxylic acids is 1. The van der Waals surface area contributed by atoms with E-state index in [0.717, 1.165) is 42.4 Å². The van der Waals surface area contributed by atoms with Crippen molar-refractivity contribution in [1.29, 1.82) is 0 Å². The molecular formula is C26H29ClF3N5O3. The molecule has 1 fully saturated rings. The van der Waals surface area contributed by atoms with Crippen LogP contribution in [0.2, 0.25) is 5.02 Å². The van der Waals surface area contributed by atoms with Crippen LogP contribution in [0.3, 0.4) is 0 Å². The number of carbonyl (C=O) groups excluding carboxylic acids is 1. The van der Waals surface area contributed by atoms with Crippen LogP contribution in [0.4, 0.5) is 24.9 Å². The molecule has 0 radical (unpaired) electrons. The van der Waals surface area contributed by atoms with Gasteiger partial charge in [0.2, 0.25) is 5.95 Å². The molecular weight excluding hydrogens is 523 g/mol. The lowest BCUT2D eigenvalue weighted by Gasteiger charge is -2.29. The fourth-order valence-electron chi connectivity index (χ4n) is 4.14. The van der Waals surface area contributed by atoms with E-state index in [2.05, 4.69) is 16.7 Å². The Kier molecular flexibility index (Phi) is 9.73. The Morgan fingerprint density at radius 3 is 2.24 bits per heavy atom. The van der Waals surface area contributed by atoms with E-state index in [1.807, 2.05) is 49.3 Å². The van der Waals surface area contributed by atoms with Gasteiger partial charge >= 0.3 is 12.1 Å². The molecule has 1 aliphatic rings. The van der Waals surface area contributed by atoms with Gasteiger partial charge in [-0.15, -0.1) is 0 Å². The Morgan fingerprint density at radius 1 is 1.03 bits per heavy atom. The van der Waals surface area contributed by atoms with Gasteiger partial charge in [0, 0.05) is 32.1 Å². The summed E-state index contributed by atoms with van der Waals surface area (Å²) in [5.74, 6) is -0.791. The van der Waals surface area contributed by atoms with Crippen LogP contribution in [0.1, 0.15) is 36.0 Å². The number of hydrogen-bond acceptors (Lipinski definition) is 6. The maximum Gasteiger partial charge on any atom is 0.490 e. The molecule has 0 bridgehead atoms. The average molecular weight is 552 g/mol. The molecule has 38 heavy (non-hydrogen) atoms. The smallest absolute Gasteiger partial charge is 0.475 e. The molecule has 2 aromatic carbocycles. The zero-order valence-electron chi connectivity index (χ0n) is 20.9. The number of halogens is 4. The van der Waals surface area contributed by atoms with Gasteiger partial charge in [0.15, 0.2) is 0 Å². The van der Waals surface area contributed by atoms with Crippen molar-refractivity contribution in [3.05, 3.63) is 59.1 Å². The van der Waals surface area contributed by atoms with Crippen LogP contribution in [0.15, 0.2) is 48.5 Å². The first-order chi connectivity index (χ1) is 18.0. The van der Waals surface area contributed by atoms with Crippen LogP contribution in [-0.4, -0.2) is 59.8 Å². The fourth-order valence-corrected chi connectivity index (χ4v) is 4.36. The molecule has 1 heterocycles. The highest BCUT2D eigenvalue weighted by Crippen LogP contribution is 2.28. The van der Waals surface area contributed by atoms with Gasteiger partial charge in [-0.2, -0.15) is 18.2 Å². The summed E-state index contributed by atoms with van der Waals surface area (Å²) in [6.45, 7) is 0.675. The zero-order valence-corrected chi connectivity index (χ0v) is 21.7. The van der Waals surface area contributed by atoms with Crippen LogP contribution in [0.25, 0.3) is 10.9 Å². The van der Waals surface area contributed by atoms with Gasteiger partial charge in [0.25, 0.3) is 5.91 Å². The minimum Gasteiger partial charge on any atom is -0.475 e. The van der Waals surface area contributed by atoms with Crippen molar-refractivity contribution in [2.24, 2.45) is 5.92 Å². The molecule has 0 unspecified atom stereocenters. The highest BCUT2D eigenvalue weighted by atomic mass is 35.5. The van der Waals surface area contributed by atoms with E-state index in [9.17, 15) is 18.0 Å². The van der Waals surface area contributed by atoms with Gasteiger partial charge in [-0.25, -0.2) is 9.78 Å². The number of benzene rings is 2. The number of rotatable bonds is 6. The van der Waals surface area contributed by atoms with Crippen LogP contribution in [-0.2, 0) is 4.79 Å². The second-order valence-electron chi connectivity index (χ2n) is 9.14. The molecule has 4 rings (SSSR count). The zero-order chi connectivity index (χ0) is 27.9. The molecule has 1 saturated carbocycles. The van der Waals surface area contributed by atoms with Crippen molar-refractivity contribution in [3.8, 4) is 0 Å². The van der Waals surface area contributed by atoms with Crippen molar-refractivity contribution in [2.75, 3.05) is 30.9 Å². The summed E-state index contributed by atoms with van der Waals surface area (Å²) in [6.07, 6.45) is -0.927. The van der Waals surface area contributed by atoms with Crippen molar-refractivity contribution < 1.29 is 27.9 Å². The van der Waals surface area contributed by atoms with Crippen molar-refractivity contribution in [2.45, 2.75) is 37.9 Å². The molecule has 8 nitrogen and oxygen atoms in total. The molecule has 1 amide bonds. The molecule has 0 atom stereocenters. The normalized spacial score (nSPS) is 17.2. The second kappa shape index (κ2) is 12.8. The number of fused-ring (bicyclic) bond motifs is 1. The predicted molar refractivity (Wildman–Crippen MR) is 141 cm³/mol. The van der Waals surface area contributed by atoms with Gasteiger partial charge in [-0.1, -0.05) is 35.9 Å². The van der Waals surface area contributed by atoms with E-state index in [1.165, 1.54) is 0 Å². The Morgan fingerprint density at radius 2 is 1.63 bits per heavy atom. The van der Waals surface area contributed by atoms with E-state index in [1.54, 1.807) is 12.1 Å². The number of carbonyl (C=O) groups is 2. The molecule has 0 spiro atoms. The molecule has 3 N–H and O–H groups in total. The highest BCUT2D eigenvalue weighted by Gasteiger charge is 2.38. The number of nitrogens with one attached hydrogen (secondary N) is 2. The summed E-state index contributed by atoms with van der Waals surface area (Å²) in [4.78, 5) is 32.8. The minimum absolute atomic E-state index is 0.105. The van der Waals surface area contributed by atoms with E-state index < -0.39 is 12.1 Å². The molecule has 12 heteroatoms. The number of alkyl halides is 3. The summed E-state index contributed by atoms with van der Waals surface area (Å²) >= 11 is 6.12. The summed E-state index contributed by atoms with van der Waals surface area (Å²) in [5, 5.41) is 15.2. The number of amides is 1. The third kappa shape index (κ3) is 7.95. The van der Waals surface area contributed by atoms with E-state index in [-0.39, 0.29) is 5.91 Å². The van der Waals surface area contributed by atoms with Crippen molar-refractivity contribution >= 4 is 46.1 Å². The minimum atomic E-state index is -5.08. The Bertz CT molecular complexity index is 1260. The number of anilines is 2. The largest absolute Gasteiger partial charge is 0.490 e. The first kappa shape index (κ1) is 29.0. The quantitative estimate of drug-likeness (QED) is 0.377. The van der Waals surface area contributed by atoms with Crippen LogP contribution in [0.5, 0.6) is 0 Å². The number of carboxylic acids is 1. The van der Waals surface area contributed by atoms with E-state index in [4.69, 9.17) is 31.5 Å². The van der Waals surface area contributed by atoms with Crippen molar-refractivity contribution in [1.82, 2.24) is 15.3 Å². The lowest BCUT2D eigenvalue weighted by molar-refractivity contribution is -0.192. The molecule has 0 aliphatic heterocycles. The second-order valence-corrected chi connectivity index (χ2v) is 9.54. The van der Waals surface area contributed by atoms with Gasteiger partial charge < -0.3 is 20.6 Å².